The lowest BCUT2D eigenvalue weighted by atomic mass is 9.90. The second kappa shape index (κ2) is 12.5. The van der Waals surface area contributed by atoms with Crippen molar-refractivity contribution < 1.29 is 19.0 Å². The number of hydrogen-bond donors (Lipinski definition) is 0. The first-order chi connectivity index (χ1) is 21.4. The molecule has 6 rings (SSSR count). The Kier molecular flexibility index (Phi) is 8.37. The van der Waals surface area contributed by atoms with Crippen molar-refractivity contribution in [2.75, 3.05) is 13.7 Å². The van der Waals surface area contributed by atoms with Gasteiger partial charge in [0.2, 0.25) is 0 Å². The standard InChI is InChI=1S/C35H29ClN2O5S/c1-4-42-34(40)30-21(2)37-35-38(32(30)31-27-8-6-5-7-24(27)13-18-28(31)41-3)33(39)29(44-35)19-22-11-16-26(17-12-22)43-20-23-9-14-25(36)15-10-23/h5-19,32H,4,20H2,1-3H3/b29-19+/t32-/m1/s1. The summed E-state index contributed by atoms with van der Waals surface area (Å²) < 4.78 is 19.3. The third-order valence-electron chi connectivity index (χ3n) is 7.44. The summed E-state index contributed by atoms with van der Waals surface area (Å²) in [5.74, 6) is 0.752. The van der Waals surface area contributed by atoms with E-state index in [2.05, 4.69) is 0 Å². The number of ether oxygens (including phenoxy) is 3. The van der Waals surface area contributed by atoms with Gasteiger partial charge in [-0.05, 0) is 72.2 Å². The summed E-state index contributed by atoms with van der Waals surface area (Å²) in [6.45, 7) is 4.13. The van der Waals surface area contributed by atoms with E-state index in [1.54, 1.807) is 25.5 Å². The Morgan fingerprint density at radius 1 is 1.02 bits per heavy atom. The van der Waals surface area contributed by atoms with Crippen LogP contribution >= 0.6 is 22.9 Å². The van der Waals surface area contributed by atoms with Gasteiger partial charge in [-0.25, -0.2) is 9.79 Å². The lowest BCUT2D eigenvalue weighted by Gasteiger charge is -2.27. The van der Waals surface area contributed by atoms with Crippen molar-refractivity contribution in [3.63, 3.8) is 0 Å². The summed E-state index contributed by atoms with van der Waals surface area (Å²) in [5.41, 5.74) is 3.09. The van der Waals surface area contributed by atoms with Gasteiger partial charge in [0.1, 0.15) is 24.1 Å². The summed E-state index contributed by atoms with van der Waals surface area (Å²) >= 11 is 7.25. The van der Waals surface area contributed by atoms with Crippen LogP contribution in [0.2, 0.25) is 5.02 Å². The maximum atomic E-state index is 14.2. The van der Waals surface area contributed by atoms with Gasteiger partial charge < -0.3 is 14.2 Å². The van der Waals surface area contributed by atoms with Crippen LogP contribution in [-0.4, -0.2) is 24.3 Å². The lowest BCUT2D eigenvalue weighted by Crippen LogP contribution is -2.40. The van der Waals surface area contributed by atoms with Gasteiger partial charge in [-0.3, -0.25) is 9.36 Å². The van der Waals surface area contributed by atoms with E-state index < -0.39 is 12.0 Å². The van der Waals surface area contributed by atoms with E-state index in [-0.39, 0.29) is 12.2 Å². The molecule has 9 heteroatoms. The van der Waals surface area contributed by atoms with E-state index in [1.807, 2.05) is 91.0 Å². The largest absolute Gasteiger partial charge is 0.496 e. The molecule has 0 amide bonds. The number of carbonyl (C=O) groups is 1. The molecule has 0 aliphatic carbocycles. The molecular formula is C35H29ClN2O5S. The molecule has 0 radical (unpaired) electrons. The number of hydrogen-bond acceptors (Lipinski definition) is 7. The Morgan fingerprint density at radius 2 is 1.77 bits per heavy atom. The van der Waals surface area contributed by atoms with Crippen LogP contribution in [0.1, 0.15) is 36.6 Å². The second-order valence-electron chi connectivity index (χ2n) is 10.2. The van der Waals surface area contributed by atoms with E-state index in [9.17, 15) is 9.59 Å². The normalized spacial score (nSPS) is 14.7. The highest BCUT2D eigenvalue weighted by Crippen LogP contribution is 2.40. The topological polar surface area (TPSA) is 79.1 Å². The third-order valence-corrected chi connectivity index (χ3v) is 8.67. The molecule has 2 heterocycles. The predicted octanol–water partition coefficient (Wildman–Crippen LogP) is 6.19. The average molecular weight is 625 g/mol. The number of nitrogens with zero attached hydrogens (tertiary/aromatic N) is 2. The molecule has 4 aromatic carbocycles. The Balaban J connectivity index is 1.43. The van der Waals surface area contributed by atoms with Crippen molar-refractivity contribution in [3.05, 3.63) is 138 Å². The molecule has 1 aliphatic rings. The molecule has 44 heavy (non-hydrogen) atoms. The minimum Gasteiger partial charge on any atom is -0.496 e. The first-order valence-electron chi connectivity index (χ1n) is 14.1. The van der Waals surface area contributed by atoms with E-state index >= 15 is 0 Å². The highest BCUT2D eigenvalue weighted by atomic mass is 35.5. The maximum Gasteiger partial charge on any atom is 0.338 e. The van der Waals surface area contributed by atoms with Crippen LogP contribution in [0.25, 0.3) is 16.8 Å². The lowest BCUT2D eigenvalue weighted by molar-refractivity contribution is -0.139. The minimum atomic E-state index is -0.794. The summed E-state index contributed by atoms with van der Waals surface area (Å²) in [5, 5.41) is 2.51. The highest BCUT2D eigenvalue weighted by Gasteiger charge is 2.36. The molecule has 0 fully saturated rings. The zero-order valence-electron chi connectivity index (χ0n) is 24.4. The van der Waals surface area contributed by atoms with Gasteiger partial charge in [-0.1, -0.05) is 77.5 Å². The first kappa shape index (κ1) is 29.4. The molecule has 0 bridgehead atoms. The smallest absolute Gasteiger partial charge is 0.338 e. The van der Waals surface area contributed by atoms with Crippen molar-refractivity contribution in [1.82, 2.24) is 4.57 Å². The fraction of sp³-hybridized carbons (Fsp3) is 0.171. The molecule has 0 unspecified atom stereocenters. The van der Waals surface area contributed by atoms with Crippen LogP contribution in [0, 0.1) is 0 Å². The summed E-state index contributed by atoms with van der Waals surface area (Å²) in [4.78, 5) is 32.8. The van der Waals surface area contributed by atoms with E-state index in [0.717, 1.165) is 21.9 Å². The summed E-state index contributed by atoms with van der Waals surface area (Å²) in [6, 6.07) is 25.9. The zero-order chi connectivity index (χ0) is 30.8. The molecule has 7 nitrogen and oxygen atoms in total. The monoisotopic (exact) mass is 624 g/mol. The van der Waals surface area contributed by atoms with Crippen LogP contribution in [0.5, 0.6) is 11.5 Å². The number of carbonyl (C=O) groups excluding carboxylic acids is 1. The number of allylic oxidation sites excluding steroid dienone is 1. The van der Waals surface area contributed by atoms with Gasteiger partial charge in [-0.2, -0.15) is 0 Å². The van der Waals surface area contributed by atoms with Gasteiger partial charge in [-0.15, -0.1) is 0 Å². The van der Waals surface area contributed by atoms with Crippen molar-refractivity contribution in [3.8, 4) is 11.5 Å². The Hall–Kier alpha value is -4.66. The first-order valence-corrected chi connectivity index (χ1v) is 15.3. The molecule has 1 aliphatic heterocycles. The molecule has 5 aromatic rings. The summed E-state index contributed by atoms with van der Waals surface area (Å²) in [7, 11) is 1.58. The van der Waals surface area contributed by atoms with Crippen LogP contribution in [0.4, 0.5) is 0 Å². The third kappa shape index (κ3) is 5.66. The molecule has 0 saturated heterocycles. The minimum absolute atomic E-state index is 0.193. The SMILES string of the molecule is CCOC(=O)C1=C(C)N=c2s/c(=C/c3ccc(OCc4ccc(Cl)cc4)cc3)c(=O)n2[C@H]1c1c(OC)ccc2ccccc12. The fourth-order valence-corrected chi connectivity index (χ4v) is 6.53. The molecule has 1 atom stereocenters. The number of benzene rings is 4. The van der Waals surface area contributed by atoms with Gasteiger partial charge in [0, 0.05) is 10.6 Å². The Morgan fingerprint density at radius 3 is 2.50 bits per heavy atom. The Labute approximate surface area is 262 Å². The molecular weight excluding hydrogens is 596 g/mol. The van der Waals surface area contributed by atoms with Gasteiger partial charge >= 0.3 is 5.97 Å². The number of fused-ring (bicyclic) bond motifs is 2. The average Bonchev–Trinajstić information content (AvgIpc) is 3.34. The molecule has 0 spiro atoms. The van der Waals surface area contributed by atoms with Crippen molar-refractivity contribution in [1.29, 1.82) is 0 Å². The van der Waals surface area contributed by atoms with Gasteiger partial charge in [0.15, 0.2) is 4.80 Å². The second-order valence-corrected chi connectivity index (χ2v) is 11.6. The molecule has 222 valence electrons. The fourth-order valence-electron chi connectivity index (χ4n) is 5.36. The molecule has 1 aromatic heterocycles. The molecule has 0 saturated carbocycles. The number of esters is 1. The van der Waals surface area contributed by atoms with Crippen LogP contribution in [0.15, 0.2) is 106 Å². The number of halogens is 1. The van der Waals surface area contributed by atoms with Crippen LogP contribution in [0.3, 0.4) is 0 Å². The zero-order valence-corrected chi connectivity index (χ0v) is 25.9. The Bertz CT molecular complexity index is 2080. The summed E-state index contributed by atoms with van der Waals surface area (Å²) in [6.07, 6.45) is 1.83. The van der Waals surface area contributed by atoms with Crippen molar-refractivity contribution in [2.24, 2.45) is 4.99 Å². The van der Waals surface area contributed by atoms with Gasteiger partial charge in [0.25, 0.3) is 5.56 Å². The van der Waals surface area contributed by atoms with E-state index in [4.69, 9.17) is 30.8 Å². The quantitative estimate of drug-likeness (QED) is 0.192. The van der Waals surface area contributed by atoms with Crippen molar-refractivity contribution >= 4 is 45.8 Å². The molecule has 0 N–H and O–H groups in total. The van der Waals surface area contributed by atoms with Crippen LogP contribution < -0.4 is 24.4 Å². The predicted molar refractivity (Wildman–Crippen MR) is 173 cm³/mol. The van der Waals surface area contributed by atoms with Crippen molar-refractivity contribution in [2.45, 2.75) is 26.5 Å². The number of aromatic nitrogens is 1. The number of thiazole rings is 1. The van der Waals surface area contributed by atoms with Gasteiger partial charge in [0.05, 0.1) is 29.5 Å². The number of rotatable bonds is 8. The van der Waals surface area contributed by atoms with E-state index in [1.165, 1.54) is 11.3 Å². The maximum absolute atomic E-state index is 14.2. The highest BCUT2D eigenvalue weighted by molar-refractivity contribution is 7.07. The number of methoxy groups -OCH3 is 1. The van der Waals surface area contributed by atoms with E-state index in [0.29, 0.717) is 49.3 Å². The van der Waals surface area contributed by atoms with Crippen LogP contribution in [-0.2, 0) is 16.1 Å².